The molecule has 0 saturated heterocycles. The third-order valence-corrected chi connectivity index (χ3v) is 3.44. The van der Waals surface area contributed by atoms with E-state index >= 15 is 0 Å². The SMILES string of the molecule is COc1cccc(NC(=O)c2cnc(NCc3ccncc3)nc2)c1. The number of nitrogens with zero attached hydrogens (tertiary/aromatic N) is 3. The Bertz CT molecular complexity index is 838. The fraction of sp³-hybridized carbons (Fsp3) is 0.111. The van der Waals surface area contributed by atoms with E-state index in [1.807, 2.05) is 18.2 Å². The van der Waals surface area contributed by atoms with Gasteiger partial charge in [-0.3, -0.25) is 9.78 Å². The Morgan fingerprint density at radius 2 is 1.88 bits per heavy atom. The van der Waals surface area contributed by atoms with E-state index in [9.17, 15) is 4.79 Å². The van der Waals surface area contributed by atoms with Crippen LogP contribution in [0.4, 0.5) is 11.6 Å². The summed E-state index contributed by atoms with van der Waals surface area (Å²) in [6.07, 6.45) is 6.42. The summed E-state index contributed by atoms with van der Waals surface area (Å²) in [7, 11) is 1.58. The molecule has 0 spiro atoms. The number of nitrogens with one attached hydrogen (secondary N) is 2. The summed E-state index contributed by atoms with van der Waals surface area (Å²) < 4.78 is 5.13. The number of carbonyl (C=O) groups is 1. The van der Waals surface area contributed by atoms with E-state index in [-0.39, 0.29) is 5.91 Å². The Balaban J connectivity index is 1.60. The van der Waals surface area contributed by atoms with Crippen molar-refractivity contribution in [2.75, 3.05) is 17.7 Å². The molecule has 0 fully saturated rings. The first kappa shape index (κ1) is 16.4. The average Bonchev–Trinajstić information content (AvgIpc) is 2.67. The quantitative estimate of drug-likeness (QED) is 0.720. The van der Waals surface area contributed by atoms with Crippen LogP contribution in [-0.4, -0.2) is 28.0 Å². The van der Waals surface area contributed by atoms with Gasteiger partial charge in [0.15, 0.2) is 0 Å². The van der Waals surface area contributed by atoms with Crippen molar-refractivity contribution in [3.05, 3.63) is 72.3 Å². The Morgan fingerprint density at radius 1 is 1.12 bits per heavy atom. The summed E-state index contributed by atoms with van der Waals surface area (Å²) in [4.78, 5) is 24.5. The normalized spacial score (nSPS) is 10.1. The van der Waals surface area contributed by atoms with Crippen LogP contribution in [0.25, 0.3) is 0 Å². The molecule has 126 valence electrons. The molecule has 0 aliphatic heterocycles. The van der Waals surface area contributed by atoms with Gasteiger partial charge in [-0.15, -0.1) is 0 Å². The third kappa shape index (κ3) is 4.51. The van der Waals surface area contributed by atoms with Crippen molar-refractivity contribution in [1.29, 1.82) is 0 Å². The zero-order valence-electron chi connectivity index (χ0n) is 13.6. The maximum atomic E-state index is 12.2. The number of aromatic nitrogens is 3. The molecular formula is C18H17N5O2. The van der Waals surface area contributed by atoms with E-state index < -0.39 is 0 Å². The fourth-order valence-electron chi connectivity index (χ4n) is 2.12. The highest BCUT2D eigenvalue weighted by molar-refractivity contribution is 6.03. The van der Waals surface area contributed by atoms with Gasteiger partial charge in [0.05, 0.1) is 12.7 Å². The number of rotatable bonds is 6. The highest BCUT2D eigenvalue weighted by atomic mass is 16.5. The van der Waals surface area contributed by atoms with Crippen LogP contribution in [-0.2, 0) is 6.54 Å². The molecule has 2 N–H and O–H groups in total. The van der Waals surface area contributed by atoms with Crippen molar-refractivity contribution in [1.82, 2.24) is 15.0 Å². The number of amides is 1. The molecule has 1 aromatic carbocycles. The van der Waals surface area contributed by atoms with Crippen molar-refractivity contribution in [2.24, 2.45) is 0 Å². The van der Waals surface area contributed by atoms with Gasteiger partial charge in [0, 0.05) is 43.1 Å². The van der Waals surface area contributed by atoms with Crippen LogP contribution in [0, 0.1) is 0 Å². The maximum absolute atomic E-state index is 12.2. The first-order chi connectivity index (χ1) is 12.2. The minimum Gasteiger partial charge on any atom is -0.497 e. The molecule has 0 atom stereocenters. The van der Waals surface area contributed by atoms with Crippen LogP contribution in [0.5, 0.6) is 5.75 Å². The van der Waals surface area contributed by atoms with Crippen LogP contribution in [0.3, 0.4) is 0 Å². The first-order valence-electron chi connectivity index (χ1n) is 7.65. The molecule has 0 saturated carbocycles. The Kier molecular flexibility index (Phi) is 5.16. The lowest BCUT2D eigenvalue weighted by molar-refractivity contribution is 0.102. The number of hydrogen-bond acceptors (Lipinski definition) is 6. The lowest BCUT2D eigenvalue weighted by Gasteiger charge is -2.08. The minimum atomic E-state index is -0.283. The second kappa shape index (κ2) is 7.87. The van der Waals surface area contributed by atoms with Gasteiger partial charge < -0.3 is 15.4 Å². The number of hydrogen-bond donors (Lipinski definition) is 2. The van der Waals surface area contributed by atoms with Gasteiger partial charge in [-0.2, -0.15) is 0 Å². The molecule has 0 aliphatic carbocycles. The molecule has 0 radical (unpaired) electrons. The van der Waals surface area contributed by atoms with Gasteiger partial charge in [-0.05, 0) is 29.8 Å². The molecule has 25 heavy (non-hydrogen) atoms. The first-order valence-corrected chi connectivity index (χ1v) is 7.65. The Morgan fingerprint density at radius 3 is 2.60 bits per heavy atom. The van der Waals surface area contributed by atoms with E-state index in [0.29, 0.717) is 29.5 Å². The van der Waals surface area contributed by atoms with E-state index in [2.05, 4.69) is 25.6 Å². The smallest absolute Gasteiger partial charge is 0.258 e. The van der Waals surface area contributed by atoms with Gasteiger partial charge in [0.1, 0.15) is 5.75 Å². The van der Waals surface area contributed by atoms with Crippen LogP contribution in [0.15, 0.2) is 61.2 Å². The Labute approximate surface area is 145 Å². The number of carbonyl (C=O) groups excluding carboxylic acids is 1. The molecule has 7 heteroatoms. The van der Waals surface area contributed by atoms with Gasteiger partial charge in [0.2, 0.25) is 5.95 Å². The van der Waals surface area contributed by atoms with Gasteiger partial charge in [-0.25, -0.2) is 9.97 Å². The molecule has 2 aromatic heterocycles. The molecule has 1 amide bonds. The molecule has 0 bridgehead atoms. The maximum Gasteiger partial charge on any atom is 0.258 e. The van der Waals surface area contributed by atoms with E-state index in [1.165, 1.54) is 12.4 Å². The van der Waals surface area contributed by atoms with Crippen LogP contribution in [0.1, 0.15) is 15.9 Å². The molecule has 2 heterocycles. The monoisotopic (exact) mass is 335 g/mol. The van der Waals surface area contributed by atoms with Crippen LogP contribution in [0.2, 0.25) is 0 Å². The number of ether oxygens (including phenoxy) is 1. The third-order valence-electron chi connectivity index (χ3n) is 3.44. The molecular weight excluding hydrogens is 318 g/mol. The molecule has 0 aliphatic rings. The molecule has 3 aromatic rings. The van der Waals surface area contributed by atoms with E-state index in [0.717, 1.165) is 5.56 Å². The largest absolute Gasteiger partial charge is 0.497 e. The van der Waals surface area contributed by atoms with Crippen molar-refractivity contribution >= 4 is 17.5 Å². The van der Waals surface area contributed by atoms with Crippen molar-refractivity contribution < 1.29 is 9.53 Å². The number of benzene rings is 1. The summed E-state index contributed by atoms with van der Waals surface area (Å²) in [5, 5.41) is 5.88. The molecule has 3 rings (SSSR count). The highest BCUT2D eigenvalue weighted by Crippen LogP contribution is 2.17. The second-order valence-electron chi connectivity index (χ2n) is 5.19. The van der Waals surface area contributed by atoms with E-state index in [1.54, 1.807) is 37.7 Å². The number of anilines is 2. The zero-order chi connectivity index (χ0) is 17.5. The fourth-order valence-corrected chi connectivity index (χ4v) is 2.12. The summed E-state index contributed by atoms with van der Waals surface area (Å²) in [5.41, 5.74) is 2.08. The highest BCUT2D eigenvalue weighted by Gasteiger charge is 2.08. The lowest BCUT2D eigenvalue weighted by Crippen LogP contribution is -2.13. The average molecular weight is 335 g/mol. The van der Waals surface area contributed by atoms with E-state index in [4.69, 9.17) is 4.74 Å². The predicted octanol–water partition coefficient (Wildman–Crippen LogP) is 2.74. The molecule has 7 nitrogen and oxygen atoms in total. The van der Waals surface area contributed by atoms with Gasteiger partial charge in [0.25, 0.3) is 5.91 Å². The summed E-state index contributed by atoms with van der Waals surface area (Å²) in [6, 6.07) is 10.9. The van der Waals surface area contributed by atoms with Crippen molar-refractivity contribution in [2.45, 2.75) is 6.54 Å². The zero-order valence-corrected chi connectivity index (χ0v) is 13.6. The standard InChI is InChI=1S/C18H17N5O2/c1-25-16-4-2-3-15(9-16)23-17(24)14-11-21-18(22-12-14)20-10-13-5-7-19-8-6-13/h2-9,11-12H,10H2,1H3,(H,23,24)(H,20,21,22). The van der Waals surface area contributed by atoms with Crippen molar-refractivity contribution in [3.8, 4) is 5.75 Å². The number of methoxy groups -OCH3 is 1. The topological polar surface area (TPSA) is 89.0 Å². The summed E-state index contributed by atoms with van der Waals surface area (Å²) in [6.45, 7) is 0.581. The van der Waals surface area contributed by atoms with Crippen LogP contribution < -0.4 is 15.4 Å². The summed E-state index contributed by atoms with van der Waals surface area (Å²) >= 11 is 0. The van der Waals surface area contributed by atoms with Crippen molar-refractivity contribution in [3.63, 3.8) is 0 Å². The van der Waals surface area contributed by atoms with Gasteiger partial charge >= 0.3 is 0 Å². The minimum absolute atomic E-state index is 0.283. The lowest BCUT2D eigenvalue weighted by atomic mass is 10.2. The predicted molar refractivity (Wildman–Crippen MR) is 94.5 cm³/mol. The Hall–Kier alpha value is -3.48. The van der Waals surface area contributed by atoms with Gasteiger partial charge in [-0.1, -0.05) is 6.07 Å². The summed E-state index contributed by atoms with van der Waals surface area (Å²) in [5.74, 6) is 0.841. The van der Waals surface area contributed by atoms with Crippen LogP contribution >= 0.6 is 0 Å². The second-order valence-corrected chi connectivity index (χ2v) is 5.19. The molecule has 0 unspecified atom stereocenters. The number of pyridine rings is 1.